The maximum atomic E-state index is 11.8. The fourth-order valence-corrected chi connectivity index (χ4v) is 1.67. The number of pyridine rings is 1. The van der Waals surface area contributed by atoms with E-state index in [1.807, 2.05) is 38.4 Å². The van der Waals surface area contributed by atoms with Gasteiger partial charge in [-0.15, -0.1) is 0 Å². The zero-order valence-corrected chi connectivity index (χ0v) is 10.9. The van der Waals surface area contributed by atoms with Gasteiger partial charge < -0.3 is 5.32 Å². The molecule has 5 heteroatoms. The minimum absolute atomic E-state index is 0.118. The van der Waals surface area contributed by atoms with Crippen molar-refractivity contribution in [3.05, 3.63) is 54.1 Å². The number of nitrogens with zero attached hydrogens (tertiary/aromatic N) is 3. The summed E-state index contributed by atoms with van der Waals surface area (Å²) >= 11 is 0. The molecule has 0 aliphatic carbocycles. The van der Waals surface area contributed by atoms with Crippen LogP contribution in [-0.2, 0) is 11.8 Å². The summed E-state index contributed by atoms with van der Waals surface area (Å²) in [5.74, 6) is -0.151. The largest absolute Gasteiger partial charge is 0.344 e. The highest BCUT2D eigenvalue weighted by Crippen LogP contribution is 2.07. The smallest absolute Gasteiger partial charge is 0.244 e. The van der Waals surface area contributed by atoms with Crippen molar-refractivity contribution in [1.82, 2.24) is 20.1 Å². The molecule has 19 heavy (non-hydrogen) atoms. The summed E-state index contributed by atoms with van der Waals surface area (Å²) in [5, 5.41) is 6.88. The highest BCUT2D eigenvalue weighted by Gasteiger charge is 2.07. The van der Waals surface area contributed by atoms with Crippen LogP contribution >= 0.6 is 0 Å². The highest BCUT2D eigenvalue weighted by molar-refractivity contribution is 5.91. The molecule has 1 amide bonds. The minimum atomic E-state index is -0.151. The van der Waals surface area contributed by atoms with Crippen molar-refractivity contribution in [2.75, 3.05) is 0 Å². The van der Waals surface area contributed by atoms with Gasteiger partial charge in [0.15, 0.2) is 0 Å². The summed E-state index contributed by atoms with van der Waals surface area (Å²) in [4.78, 5) is 16.0. The number of nitrogens with one attached hydrogen (secondary N) is 1. The molecule has 0 fully saturated rings. The van der Waals surface area contributed by atoms with E-state index in [0.717, 1.165) is 11.3 Å². The van der Waals surface area contributed by atoms with Crippen LogP contribution in [0.3, 0.4) is 0 Å². The van der Waals surface area contributed by atoms with Crippen molar-refractivity contribution in [1.29, 1.82) is 0 Å². The number of rotatable bonds is 4. The molecular formula is C14H16N4O. The SMILES string of the molecule is CC(NC(=O)C=Cc1cnn(C)c1)c1ccccn1. The second-order valence-electron chi connectivity index (χ2n) is 4.27. The van der Waals surface area contributed by atoms with Crippen LogP contribution in [0.4, 0.5) is 0 Å². The molecular weight excluding hydrogens is 240 g/mol. The van der Waals surface area contributed by atoms with E-state index < -0.39 is 0 Å². The monoisotopic (exact) mass is 256 g/mol. The molecule has 98 valence electrons. The third-order valence-electron chi connectivity index (χ3n) is 2.64. The zero-order valence-electron chi connectivity index (χ0n) is 10.9. The lowest BCUT2D eigenvalue weighted by atomic mass is 10.2. The molecule has 0 saturated carbocycles. The van der Waals surface area contributed by atoms with Gasteiger partial charge in [-0.05, 0) is 25.1 Å². The maximum absolute atomic E-state index is 11.8. The average molecular weight is 256 g/mol. The Hall–Kier alpha value is -2.43. The van der Waals surface area contributed by atoms with Gasteiger partial charge in [0.1, 0.15) is 0 Å². The van der Waals surface area contributed by atoms with E-state index in [0.29, 0.717) is 0 Å². The van der Waals surface area contributed by atoms with E-state index in [9.17, 15) is 4.79 Å². The summed E-state index contributed by atoms with van der Waals surface area (Å²) < 4.78 is 1.69. The summed E-state index contributed by atoms with van der Waals surface area (Å²) in [5.41, 5.74) is 1.73. The van der Waals surface area contributed by atoms with Crippen LogP contribution < -0.4 is 5.32 Å². The van der Waals surface area contributed by atoms with Gasteiger partial charge in [0.2, 0.25) is 5.91 Å². The first kappa shape index (κ1) is 13.0. The van der Waals surface area contributed by atoms with Crippen LogP contribution in [0.5, 0.6) is 0 Å². The molecule has 2 aromatic rings. The summed E-state index contributed by atoms with van der Waals surface area (Å²) in [7, 11) is 1.83. The highest BCUT2D eigenvalue weighted by atomic mass is 16.1. The number of aromatic nitrogens is 3. The van der Waals surface area contributed by atoms with E-state index in [4.69, 9.17) is 0 Å². The Kier molecular flexibility index (Phi) is 4.07. The fraction of sp³-hybridized carbons (Fsp3) is 0.214. The minimum Gasteiger partial charge on any atom is -0.344 e. The molecule has 0 radical (unpaired) electrons. The van der Waals surface area contributed by atoms with E-state index in [1.165, 1.54) is 6.08 Å². The predicted molar refractivity (Wildman–Crippen MR) is 73.0 cm³/mol. The fourth-order valence-electron chi connectivity index (χ4n) is 1.67. The predicted octanol–water partition coefficient (Wildman–Crippen LogP) is 1.71. The quantitative estimate of drug-likeness (QED) is 0.847. The van der Waals surface area contributed by atoms with Gasteiger partial charge in [-0.3, -0.25) is 14.5 Å². The normalized spacial score (nSPS) is 12.5. The molecule has 5 nitrogen and oxygen atoms in total. The van der Waals surface area contributed by atoms with Crippen molar-refractivity contribution in [3.63, 3.8) is 0 Å². The van der Waals surface area contributed by atoms with E-state index in [-0.39, 0.29) is 11.9 Å². The molecule has 2 heterocycles. The molecule has 2 aromatic heterocycles. The molecule has 0 aliphatic heterocycles. The Labute approximate surface area is 112 Å². The van der Waals surface area contributed by atoms with Crippen LogP contribution in [0, 0.1) is 0 Å². The average Bonchev–Trinajstić information content (AvgIpc) is 2.83. The molecule has 0 aliphatic rings. The number of carbonyl (C=O) groups is 1. The van der Waals surface area contributed by atoms with Crippen LogP contribution in [0.1, 0.15) is 24.2 Å². The van der Waals surface area contributed by atoms with Crippen LogP contribution in [0.15, 0.2) is 42.9 Å². The molecule has 0 bridgehead atoms. The van der Waals surface area contributed by atoms with Crippen LogP contribution in [0.25, 0.3) is 6.08 Å². The summed E-state index contributed by atoms with van der Waals surface area (Å²) in [6.07, 6.45) is 8.48. The van der Waals surface area contributed by atoms with Gasteiger partial charge in [0.05, 0.1) is 17.9 Å². The van der Waals surface area contributed by atoms with Crippen molar-refractivity contribution in [2.24, 2.45) is 7.05 Å². The number of aryl methyl sites for hydroxylation is 1. The van der Waals surface area contributed by atoms with Gasteiger partial charge in [-0.1, -0.05) is 6.07 Å². The number of hydrogen-bond acceptors (Lipinski definition) is 3. The maximum Gasteiger partial charge on any atom is 0.244 e. The molecule has 1 unspecified atom stereocenters. The van der Waals surface area contributed by atoms with E-state index in [1.54, 1.807) is 23.2 Å². The van der Waals surface area contributed by atoms with E-state index in [2.05, 4.69) is 15.4 Å². The first-order valence-corrected chi connectivity index (χ1v) is 6.03. The molecule has 0 saturated heterocycles. The molecule has 0 spiro atoms. The Morgan fingerprint density at radius 2 is 2.32 bits per heavy atom. The number of carbonyl (C=O) groups excluding carboxylic acids is 1. The lowest BCUT2D eigenvalue weighted by Crippen LogP contribution is -2.25. The van der Waals surface area contributed by atoms with Crippen molar-refractivity contribution < 1.29 is 4.79 Å². The second-order valence-corrected chi connectivity index (χ2v) is 4.27. The number of hydrogen-bond donors (Lipinski definition) is 1. The lowest BCUT2D eigenvalue weighted by molar-refractivity contribution is -0.117. The van der Waals surface area contributed by atoms with Crippen molar-refractivity contribution in [3.8, 4) is 0 Å². The van der Waals surface area contributed by atoms with Gasteiger partial charge >= 0.3 is 0 Å². The first-order valence-electron chi connectivity index (χ1n) is 6.03. The Balaban J connectivity index is 1.93. The van der Waals surface area contributed by atoms with Gasteiger partial charge in [0.25, 0.3) is 0 Å². The first-order chi connectivity index (χ1) is 9.15. The van der Waals surface area contributed by atoms with Crippen molar-refractivity contribution in [2.45, 2.75) is 13.0 Å². The molecule has 2 rings (SSSR count). The molecule has 0 aromatic carbocycles. The zero-order chi connectivity index (χ0) is 13.7. The summed E-state index contributed by atoms with van der Waals surface area (Å²) in [6, 6.07) is 5.51. The third-order valence-corrected chi connectivity index (χ3v) is 2.64. The second kappa shape index (κ2) is 5.95. The van der Waals surface area contributed by atoms with Crippen molar-refractivity contribution >= 4 is 12.0 Å². The van der Waals surface area contributed by atoms with Gasteiger partial charge in [-0.25, -0.2) is 0 Å². The Bertz CT molecular complexity index is 574. The van der Waals surface area contributed by atoms with Crippen LogP contribution in [-0.4, -0.2) is 20.7 Å². The Morgan fingerprint density at radius 3 is 2.95 bits per heavy atom. The molecule has 1 N–H and O–H groups in total. The Morgan fingerprint density at radius 1 is 1.47 bits per heavy atom. The third kappa shape index (κ3) is 3.77. The van der Waals surface area contributed by atoms with E-state index >= 15 is 0 Å². The van der Waals surface area contributed by atoms with Crippen LogP contribution in [0.2, 0.25) is 0 Å². The van der Waals surface area contributed by atoms with Gasteiger partial charge in [0, 0.05) is 31.1 Å². The summed E-state index contributed by atoms with van der Waals surface area (Å²) in [6.45, 7) is 1.90. The number of amides is 1. The topological polar surface area (TPSA) is 59.8 Å². The molecule has 1 atom stereocenters. The lowest BCUT2D eigenvalue weighted by Gasteiger charge is -2.11. The standard InChI is InChI=1S/C14H16N4O/c1-11(13-5-3-4-8-15-13)17-14(19)7-6-12-9-16-18(2)10-12/h3-11H,1-2H3,(H,17,19). The van der Waals surface area contributed by atoms with Gasteiger partial charge in [-0.2, -0.15) is 5.10 Å².